The number of amides is 1. The van der Waals surface area contributed by atoms with Crippen molar-refractivity contribution >= 4 is 22.2 Å². The van der Waals surface area contributed by atoms with Crippen LogP contribution in [0.5, 0.6) is 0 Å². The van der Waals surface area contributed by atoms with E-state index in [9.17, 15) is 4.79 Å². The number of nitrogens with one attached hydrogen (secondary N) is 1. The fraction of sp³-hybridized carbons (Fsp3) is 0.688. The van der Waals surface area contributed by atoms with Crippen LogP contribution in [0.25, 0.3) is 4.96 Å². The third-order valence-electron chi connectivity index (χ3n) is 4.51. The fourth-order valence-corrected chi connectivity index (χ4v) is 3.84. The largest absolute Gasteiger partial charge is 0.355 e. The molecular weight excluding hydrogens is 310 g/mol. The van der Waals surface area contributed by atoms with Gasteiger partial charge in [0.1, 0.15) is 5.01 Å². The number of rotatable bonds is 5. The summed E-state index contributed by atoms with van der Waals surface area (Å²) in [5, 5.41) is 8.44. The lowest BCUT2D eigenvalue weighted by molar-refractivity contribution is -0.126. The predicted molar refractivity (Wildman–Crippen MR) is 91.7 cm³/mol. The average molecular weight is 335 g/mol. The number of hydrogen-bond donors (Lipinski definition) is 1. The first-order chi connectivity index (χ1) is 11.0. The lowest BCUT2D eigenvalue weighted by Crippen LogP contribution is -2.43. The van der Waals surface area contributed by atoms with Gasteiger partial charge < -0.3 is 10.2 Å². The van der Waals surface area contributed by atoms with Gasteiger partial charge in [-0.25, -0.2) is 9.50 Å². The second-order valence-corrected chi connectivity index (χ2v) is 7.69. The molecule has 2 aromatic rings. The topological polar surface area (TPSA) is 62.5 Å². The Bertz CT molecular complexity index is 638. The summed E-state index contributed by atoms with van der Waals surface area (Å²) in [5.41, 5.74) is 0.985. The maximum absolute atomic E-state index is 12.3. The van der Waals surface area contributed by atoms with Crippen LogP contribution in [0.1, 0.15) is 37.4 Å². The summed E-state index contributed by atoms with van der Waals surface area (Å²) in [7, 11) is 0. The van der Waals surface area contributed by atoms with Gasteiger partial charge in [-0.05, 0) is 46.7 Å². The third-order valence-corrected chi connectivity index (χ3v) is 5.34. The number of carbonyl (C=O) groups is 1. The second kappa shape index (κ2) is 6.97. The van der Waals surface area contributed by atoms with E-state index < -0.39 is 0 Å². The lowest BCUT2D eigenvalue weighted by atomic mass is 9.95. The molecule has 0 aromatic carbocycles. The Kier molecular flexibility index (Phi) is 4.96. The minimum atomic E-state index is 0.166. The molecule has 2 aromatic heterocycles. The smallest absolute Gasteiger partial charge is 0.223 e. The molecule has 3 rings (SSSR count). The number of nitrogens with zero attached hydrogens (tertiary/aromatic N) is 4. The normalized spacial score (nSPS) is 17.2. The first-order valence-corrected chi connectivity index (χ1v) is 9.18. The maximum Gasteiger partial charge on any atom is 0.223 e. The maximum atomic E-state index is 12.3. The van der Waals surface area contributed by atoms with Crippen LogP contribution in [0.15, 0.2) is 6.20 Å². The number of fused-ring (bicyclic) bond motifs is 1. The van der Waals surface area contributed by atoms with E-state index >= 15 is 0 Å². The molecule has 1 aliphatic rings. The molecule has 3 heterocycles. The van der Waals surface area contributed by atoms with Crippen molar-refractivity contribution in [2.24, 2.45) is 5.92 Å². The van der Waals surface area contributed by atoms with Crippen molar-refractivity contribution in [3.63, 3.8) is 0 Å². The molecule has 6 nitrogen and oxygen atoms in total. The van der Waals surface area contributed by atoms with Gasteiger partial charge in [0.15, 0.2) is 0 Å². The molecule has 0 bridgehead atoms. The summed E-state index contributed by atoms with van der Waals surface area (Å²) in [6, 6.07) is 0.575. The van der Waals surface area contributed by atoms with Gasteiger partial charge in [-0.15, -0.1) is 0 Å². The molecule has 0 radical (unpaired) electrons. The van der Waals surface area contributed by atoms with E-state index in [0.29, 0.717) is 12.6 Å². The van der Waals surface area contributed by atoms with E-state index in [4.69, 9.17) is 0 Å². The molecule has 1 amide bonds. The number of piperidine rings is 1. The molecule has 0 unspecified atom stereocenters. The number of hydrogen-bond acceptors (Lipinski definition) is 5. The Labute approximate surface area is 140 Å². The highest BCUT2D eigenvalue weighted by Gasteiger charge is 2.25. The fourth-order valence-electron chi connectivity index (χ4n) is 3.10. The van der Waals surface area contributed by atoms with Gasteiger partial charge in [-0.2, -0.15) is 5.10 Å². The minimum Gasteiger partial charge on any atom is -0.355 e. The van der Waals surface area contributed by atoms with Crippen molar-refractivity contribution in [1.29, 1.82) is 0 Å². The van der Waals surface area contributed by atoms with Crippen LogP contribution in [-0.2, 0) is 11.2 Å². The van der Waals surface area contributed by atoms with Crippen molar-refractivity contribution in [2.75, 3.05) is 19.6 Å². The number of aromatic nitrogens is 3. The molecule has 1 aliphatic heterocycles. The van der Waals surface area contributed by atoms with E-state index in [1.807, 2.05) is 17.6 Å². The number of imidazole rings is 1. The van der Waals surface area contributed by atoms with Gasteiger partial charge in [0.25, 0.3) is 0 Å². The number of likely N-dealkylation sites (tertiary alicyclic amines) is 1. The summed E-state index contributed by atoms with van der Waals surface area (Å²) in [6.45, 7) is 9.10. The van der Waals surface area contributed by atoms with Crippen LogP contribution >= 0.6 is 11.3 Å². The Balaban J connectivity index is 1.43. The van der Waals surface area contributed by atoms with E-state index in [-0.39, 0.29) is 11.8 Å². The monoisotopic (exact) mass is 335 g/mol. The van der Waals surface area contributed by atoms with Crippen molar-refractivity contribution in [3.05, 3.63) is 16.9 Å². The Morgan fingerprint density at radius 3 is 2.83 bits per heavy atom. The highest BCUT2D eigenvalue weighted by Crippen LogP contribution is 2.19. The van der Waals surface area contributed by atoms with Crippen LogP contribution in [0, 0.1) is 12.8 Å². The molecular formula is C16H25N5OS. The number of aryl methyl sites for hydroxylation is 1. The molecule has 126 valence electrons. The zero-order valence-electron chi connectivity index (χ0n) is 14.1. The zero-order valence-corrected chi connectivity index (χ0v) is 14.9. The van der Waals surface area contributed by atoms with E-state index in [1.54, 1.807) is 11.3 Å². The van der Waals surface area contributed by atoms with Crippen LogP contribution in [0.2, 0.25) is 0 Å². The first-order valence-electron chi connectivity index (χ1n) is 8.36. The molecule has 0 atom stereocenters. The molecule has 23 heavy (non-hydrogen) atoms. The second-order valence-electron chi connectivity index (χ2n) is 6.53. The highest BCUT2D eigenvalue weighted by atomic mass is 32.1. The van der Waals surface area contributed by atoms with Crippen molar-refractivity contribution in [1.82, 2.24) is 24.8 Å². The Morgan fingerprint density at radius 2 is 2.17 bits per heavy atom. The summed E-state index contributed by atoms with van der Waals surface area (Å²) in [6.07, 6.45) is 4.64. The van der Waals surface area contributed by atoms with E-state index in [2.05, 4.69) is 34.1 Å². The van der Waals surface area contributed by atoms with Crippen LogP contribution in [0.3, 0.4) is 0 Å². The number of carbonyl (C=O) groups excluding carboxylic acids is 1. The van der Waals surface area contributed by atoms with Crippen LogP contribution in [-0.4, -0.2) is 51.1 Å². The van der Waals surface area contributed by atoms with Crippen molar-refractivity contribution < 1.29 is 4.79 Å². The summed E-state index contributed by atoms with van der Waals surface area (Å²) >= 11 is 1.59. The molecule has 0 aliphatic carbocycles. The third kappa shape index (κ3) is 3.90. The van der Waals surface area contributed by atoms with Crippen molar-refractivity contribution in [3.8, 4) is 0 Å². The first kappa shape index (κ1) is 16.4. The highest BCUT2D eigenvalue weighted by molar-refractivity contribution is 7.16. The molecule has 0 spiro atoms. The Morgan fingerprint density at radius 1 is 1.43 bits per heavy atom. The SMILES string of the molecule is Cc1nn2cc(CCNC(=O)C3CCN(C(C)C)CC3)nc2s1. The average Bonchev–Trinajstić information content (AvgIpc) is 3.04. The van der Waals surface area contributed by atoms with Gasteiger partial charge >= 0.3 is 0 Å². The summed E-state index contributed by atoms with van der Waals surface area (Å²) < 4.78 is 1.82. The van der Waals surface area contributed by atoms with Crippen LogP contribution < -0.4 is 5.32 Å². The van der Waals surface area contributed by atoms with E-state index in [0.717, 1.165) is 48.0 Å². The molecule has 1 fully saturated rings. The summed E-state index contributed by atoms with van der Waals surface area (Å²) in [4.78, 5) is 20.2. The lowest BCUT2D eigenvalue weighted by Gasteiger charge is -2.33. The van der Waals surface area contributed by atoms with Crippen LogP contribution in [0.4, 0.5) is 0 Å². The summed E-state index contributed by atoms with van der Waals surface area (Å²) in [5.74, 6) is 0.364. The molecule has 1 saturated heterocycles. The van der Waals surface area contributed by atoms with Gasteiger partial charge in [0, 0.05) is 24.9 Å². The van der Waals surface area contributed by atoms with Gasteiger partial charge in [-0.3, -0.25) is 4.79 Å². The zero-order chi connectivity index (χ0) is 16.4. The predicted octanol–water partition coefficient (Wildman–Crippen LogP) is 1.88. The quantitative estimate of drug-likeness (QED) is 0.906. The standard InChI is InChI=1S/C16H25N5OS/c1-11(2)20-8-5-13(6-9-20)15(22)17-7-4-14-10-21-16(18-14)23-12(3)19-21/h10-11,13H,4-9H2,1-3H3,(H,17,22). The Hall–Kier alpha value is -1.47. The van der Waals surface area contributed by atoms with Crippen molar-refractivity contribution in [2.45, 2.75) is 46.1 Å². The van der Waals surface area contributed by atoms with E-state index in [1.165, 1.54) is 0 Å². The van der Waals surface area contributed by atoms with Gasteiger partial charge in [-0.1, -0.05) is 11.3 Å². The minimum absolute atomic E-state index is 0.166. The molecule has 0 saturated carbocycles. The molecule has 1 N–H and O–H groups in total. The molecule has 7 heteroatoms. The van der Waals surface area contributed by atoms with Gasteiger partial charge in [0.2, 0.25) is 10.9 Å². The van der Waals surface area contributed by atoms with Gasteiger partial charge in [0.05, 0.1) is 11.9 Å².